The van der Waals surface area contributed by atoms with Gasteiger partial charge < -0.3 is 0 Å². The summed E-state index contributed by atoms with van der Waals surface area (Å²) in [5, 5.41) is 3.20. The van der Waals surface area contributed by atoms with Gasteiger partial charge in [-0.1, -0.05) is 11.1 Å². The number of allylic oxidation sites excluding steroid dienone is 2. The fourth-order valence-corrected chi connectivity index (χ4v) is 4.23. The molecule has 1 unspecified atom stereocenters. The van der Waals surface area contributed by atoms with Crippen LogP contribution in [0.5, 0.6) is 0 Å². The molecule has 104 valence electrons. The van der Waals surface area contributed by atoms with E-state index in [-0.39, 0.29) is 10.8 Å². The summed E-state index contributed by atoms with van der Waals surface area (Å²) in [6.07, 6.45) is 2.23. The Kier molecular flexibility index (Phi) is 4.10. The molecule has 1 atom stereocenters. The first-order valence-electron chi connectivity index (χ1n) is 6.14. The number of carbonyl (C=O) groups is 1. The zero-order valence-electron chi connectivity index (χ0n) is 11.0. The van der Waals surface area contributed by atoms with Gasteiger partial charge in [0.15, 0.2) is 0 Å². The molecule has 19 heavy (non-hydrogen) atoms. The summed E-state index contributed by atoms with van der Waals surface area (Å²) < 4.78 is 26.1. The van der Waals surface area contributed by atoms with Crippen LogP contribution in [0.2, 0.25) is 0 Å². The molecule has 1 aliphatic carbocycles. The first-order chi connectivity index (χ1) is 8.90. The van der Waals surface area contributed by atoms with Crippen molar-refractivity contribution in [1.82, 2.24) is 4.72 Å². The lowest BCUT2D eigenvalue weighted by Crippen LogP contribution is -2.36. The Morgan fingerprint density at radius 2 is 2.11 bits per heavy atom. The first-order valence-corrected chi connectivity index (χ1v) is 8.57. The highest BCUT2D eigenvalue weighted by molar-refractivity contribution is 7.90. The van der Waals surface area contributed by atoms with Crippen molar-refractivity contribution < 1.29 is 13.2 Å². The molecule has 6 heteroatoms. The largest absolute Gasteiger partial charge is 0.274 e. The highest BCUT2D eigenvalue weighted by Crippen LogP contribution is 2.29. The highest BCUT2D eigenvalue weighted by atomic mass is 32.2. The fraction of sp³-hybridized carbons (Fsp3) is 0.462. The van der Waals surface area contributed by atoms with Crippen LogP contribution < -0.4 is 4.72 Å². The second-order valence-electron chi connectivity index (χ2n) is 4.93. The summed E-state index contributed by atoms with van der Waals surface area (Å²) >= 11 is 1.29. The lowest BCUT2D eigenvalue weighted by Gasteiger charge is -2.23. The van der Waals surface area contributed by atoms with E-state index in [1.807, 2.05) is 6.92 Å². The molecule has 1 heterocycles. The summed E-state index contributed by atoms with van der Waals surface area (Å²) in [7, 11) is -3.70. The first kappa shape index (κ1) is 14.3. The summed E-state index contributed by atoms with van der Waals surface area (Å²) in [4.78, 5) is 12.2. The van der Waals surface area contributed by atoms with Crippen LogP contribution in [-0.2, 0) is 14.8 Å². The van der Waals surface area contributed by atoms with E-state index in [9.17, 15) is 13.2 Å². The molecule has 0 fully saturated rings. The van der Waals surface area contributed by atoms with E-state index in [0.717, 1.165) is 6.42 Å². The summed E-state index contributed by atoms with van der Waals surface area (Å²) in [5.74, 6) is -0.629. The molecule has 0 aromatic carbocycles. The standard InChI is InChI=1S/C13H17NO3S2/c1-9-3-4-11(7-10(9)2)13(15)14-19(16,17)12-5-6-18-8-12/h5-6,8,11H,3-4,7H2,1-2H3,(H,14,15). The van der Waals surface area contributed by atoms with Crippen LogP contribution in [0, 0.1) is 5.92 Å². The number of rotatable bonds is 3. The third-order valence-electron chi connectivity index (χ3n) is 3.56. The predicted molar refractivity (Wildman–Crippen MR) is 75.4 cm³/mol. The quantitative estimate of drug-likeness (QED) is 0.873. The summed E-state index contributed by atoms with van der Waals surface area (Å²) in [6.45, 7) is 4.06. The molecule has 2 rings (SSSR count). The highest BCUT2D eigenvalue weighted by Gasteiger charge is 2.27. The minimum Gasteiger partial charge on any atom is -0.274 e. The van der Waals surface area contributed by atoms with Crippen molar-refractivity contribution in [2.45, 2.75) is 38.0 Å². The Bertz CT molecular complexity index is 600. The van der Waals surface area contributed by atoms with Crippen molar-refractivity contribution in [2.75, 3.05) is 0 Å². The van der Waals surface area contributed by atoms with E-state index in [0.29, 0.717) is 12.8 Å². The van der Waals surface area contributed by atoms with Crippen molar-refractivity contribution in [3.8, 4) is 0 Å². The Labute approximate surface area is 117 Å². The molecule has 0 saturated heterocycles. The second kappa shape index (κ2) is 5.46. The van der Waals surface area contributed by atoms with Gasteiger partial charge >= 0.3 is 0 Å². The Morgan fingerprint density at radius 3 is 2.68 bits per heavy atom. The molecular weight excluding hydrogens is 282 g/mol. The van der Waals surface area contributed by atoms with Gasteiger partial charge in [0.25, 0.3) is 10.0 Å². The van der Waals surface area contributed by atoms with Gasteiger partial charge in [-0.05, 0) is 44.6 Å². The van der Waals surface area contributed by atoms with E-state index in [2.05, 4.69) is 11.6 Å². The van der Waals surface area contributed by atoms with Crippen LogP contribution in [0.15, 0.2) is 32.9 Å². The van der Waals surface area contributed by atoms with E-state index in [1.165, 1.54) is 33.9 Å². The van der Waals surface area contributed by atoms with Crippen LogP contribution in [0.25, 0.3) is 0 Å². The number of hydrogen-bond donors (Lipinski definition) is 1. The Balaban J connectivity index is 2.07. The summed E-state index contributed by atoms with van der Waals surface area (Å²) in [6, 6.07) is 1.50. The van der Waals surface area contributed by atoms with Gasteiger partial charge in [0.05, 0.1) is 4.90 Å². The Hall–Kier alpha value is -1.14. The van der Waals surface area contributed by atoms with Crippen molar-refractivity contribution in [3.63, 3.8) is 0 Å². The molecule has 0 aliphatic heterocycles. The molecular formula is C13H17NO3S2. The predicted octanol–water partition coefficient (Wildman–Crippen LogP) is 2.69. The molecule has 0 saturated carbocycles. The molecule has 0 radical (unpaired) electrons. The monoisotopic (exact) mass is 299 g/mol. The SMILES string of the molecule is CC1=C(C)CC(C(=O)NS(=O)(=O)c2ccsc2)CC1. The molecule has 1 aromatic heterocycles. The molecule has 4 nitrogen and oxygen atoms in total. The number of thiophene rings is 1. The van der Waals surface area contributed by atoms with E-state index >= 15 is 0 Å². The average Bonchev–Trinajstić information content (AvgIpc) is 2.86. The van der Waals surface area contributed by atoms with Gasteiger partial charge in [0.1, 0.15) is 0 Å². The Morgan fingerprint density at radius 1 is 1.37 bits per heavy atom. The molecule has 1 amide bonds. The van der Waals surface area contributed by atoms with Crippen LogP contribution >= 0.6 is 11.3 Å². The van der Waals surface area contributed by atoms with Gasteiger partial charge in [0.2, 0.25) is 5.91 Å². The lowest BCUT2D eigenvalue weighted by molar-refractivity contribution is -0.123. The zero-order valence-corrected chi connectivity index (χ0v) is 12.6. The molecule has 1 N–H and O–H groups in total. The number of sulfonamides is 1. The maximum absolute atomic E-state index is 12.1. The van der Waals surface area contributed by atoms with Crippen LogP contribution in [0.4, 0.5) is 0 Å². The van der Waals surface area contributed by atoms with Gasteiger partial charge in [-0.3, -0.25) is 4.79 Å². The maximum Gasteiger partial charge on any atom is 0.264 e. The number of hydrogen-bond acceptors (Lipinski definition) is 4. The minimum absolute atomic E-state index is 0.158. The van der Waals surface area contributed by atoms with E-state index in [4.69, 9.17) is 0 Å². The number of nitrogens with one attached hydrogen (secondary N) is 1. The zero-order chi connectivity index (χ0) is 14.0. The van der Waals surface area contributed by atoms with Crippen LogP contribution in [0.1, 0.15) is 33.1 Å². The van der Waals surface area contributed by atoms with Gasteiger partial charge in [-0.2, -0.15) is 11.3 Å². The molecule has 1 aliphatic rings. The second-order valence-corrected chi connectivity index (χ2v) is 7.39. The van der Waals surface area contributed by atoms with Crippen molar-refractivity contribution in [3.05, 3.63) is 28.0 Å². The summed E-state index contributed by atoms with van der Waals surface area (Å²) in [5.41, 5.74) is 2.50. The molecule has 0 spiro atoms. The topological polar surface area (TPSA) is 63.2 Å². The van der Waals surface area contributed by atoms with Crippen molar-refractivity contribution >= 4 is 27.3 Å². The van der Waals surface area contributed by atoms with Crippen LogP contribution in [0.3, 0.4) is 0 Å². The van der Waals surface area contributed by atoms with Gasteiger partial charge in [0, 0.05) is 11.3 Å². The minimum atomic E-state index is -3.70. The molecule has 1 aromatic rings. The van der Waals surface area contributed by atoms with Crippen molar-refractivity contribution in [2.24, 2.45) is 5.92 Å². The van der Waals surface area contributed by atoms with E-state index < -0.39 is 15.9 Å². The van der Waals surface area contributed by atoms with Crippen molar-refractivity contribution in [1.29, 1.82) is 0 Å². The third kappa shape index (κ3) is 3.25. The van der Waals surface area contributed by atoms with Crippen LogP contribution in [-0.4, -0.2) is 14.3 Å². The number of amides is 1. The smallest absolute Gasteiger partial charge is 0.264 e. The molecule has 0 bridgehead atoms. The third-order valence-corrected chi connectivity index (χ3v) is 5.74. The normalized spacial score (nSPS) is 20.4. The van der Waals surface area contributed by atoms with Gasteiger partial charge in [-0.15, -0.1) is 0 Å². The van der Waals surface area contributed by atoms with Gasteiger partial charge in [-0.25, -0.2) is 13.1 Å². The fourth-order valence-electron chi connectivity index (χ4n) is 2.15. The van der Waals surface area contributed by atoms with E-state index in [1.54, 1.807) is 5.38 Å². The maximum atomic E-state index is 12.1. The number of carbonyl (C=O) groups excluding carboxylic acids is 1. The average molecular weight is 299 g/mol. The lowest BCUT2D eigenvalue weighted by atomic mass is 9.85.